The Bertz CT molecular complexity index is 1680. The maximum Gasteiger partial charge on any atom is 0.407 e. The smallest absolute Gasteiger partial charge is 0.407 e. The average Bonchev–Trinajstić information content (AvgIpc) is 3.54. The van der Waals surface area contributed by atoms with Crippen LogP contribution in [0.15, 0.2) is 42.5 Å². The normalized spacial score (nSPS) is 20.9. The van der Waals surface area contributed by atoms with Crippen molar-refractivity contribution in [2.45, 2.75) is 91.0 Å². The molecule has 0 bridgehead atoms. The van der Waals surface area contributed by atoms with Crippen molar-refractivity contribution in [3.8, 4) is 11.5 Å². The molecule has 45 heavy (non-hydrogen) atoms. The van der Waals surface area contributed by atoms with Crippen LogP contribution in [0, 0.1) is 17.8 Å². The molecule has 2 N–H and O–H groups in total. The summed E-state index contributed by atoms with van der Waals surface area (Å²) < 4.78 is 19.1. The van der Waals surface area contributed by atoms with Gasteiger partial charge in [0.05, 0.1) is 25.3 Å². The van der Waals surface area contributed by atoms with E-state index in [9.17, 15) is 4.79 Å². The molecule has 4 unspecified atom stereocenters. The number of carbonyl (C=O) groups excluding carboxylic acids is 1. The Morgan fingerprint density at radius 2 is 1.87 bits per heavy atom. The number of para-hydroxylation sites is 1. The molecule has 1 amide bonds. The molecule has 4 aromatic rings. The first kappa shape index (κ1) is 31.0. The van der Waals surface area contributed by atoms with Crippen LogP contribution in [-0.4, -0.2) is 46.5 Å². The Balaban J connectivity index is 1.29. The van der Waals surface area contributed by atoms with Gasteiger partial charge in [0.1, 0.15) is 28.4 Å². The number of benzene rings is 2. The van der Waals surface area contributed by atoms with E-state index in [4.69, 9.17) is 24.2 Å². The topological polar surface area (TPSA) is 99.5 Å². The number of fused-ring (bicyclic) bond motifs is 4. The largest absolute Gasteiger partial charge is 0.497 e. The van der Waals surface area contributed by atoms with Crippen LogP contribution in [0.3, 0.4) is 0 Å². The van der Waals surface area contributed by atoms with E-state index in [0.717, 1.165) is 89.3 Å². The second-order valence-electron chi connectivity index (χ2n) is 13.7. The fourth-order valence-corrected chi connectivity index (χ4v) is 7.28. The van der Waals surface area contributed by atoms with Crippen LogP contribution in [0.25, 0.3) is 21.9 Å². The van der Waals surface area contributed by atoms with Gasteiger partial charge in [-0.25, -0.2) is 14.8 Å². The van der Waals surface area contributed by atoms with Crippen LogP contribution in [-0.2, 0) is 24.2 Å². The second kappa shape index (κ2) is 12.8. The van der Waals surface area contributed by atoms with Crippen molar-refractivity contribution in [2.75, 3.05) is 19.5 Å². The van der Waals surface area contributed by atoms with Gasteiger partial charge in [-0.2, -0.15) is 0 Å². The number of methoxy groups -OCH3 is 2. The summed E-state index contributed by atoms with van der Waals surface area (Å²) in [5.74, 6) is 5.11. The molecule has 0 spiro atoms. The van der Waals surface area contributed by atoms with Gasteiger partial charge in [0.2, 0.25) is 0 Å². The molecule has 9 heteroatoms. The summed E-state index contributed by atoms with van der Waals surface area (Å²) in [5.41, 5.74) is 3.54. The van der Waals surface area contributed by atoms with Crippen LogP contribution in [0.4, 0.5) is 10.6 Å². The monoisotopic (exact) mass is 613 g/mol. The molecule has 6 rings (SSSR count). The fraction of sp³-hybridized carbons (Fsp3) is 0.528. The van der Waals surface area contributed by atoms with Crippen molar-refractivity contribution in [2.24, 2.45) is 17.8 Å². The minimum Gasteiger partial charge on any atom is -0.497 e. The zero-order chi connectivity index (χ0) is 31.7. The van der Waals surface area contributed by atoms with Crippen LogP contribution < -0.4 is 20.1 Å². The van der Waals surface area contributed by atoms with Crippen molar-refractivity contribution in [3.63, 3.8) is 0 Å². The number of aryl methyl sites for hydroxylation is 1. The number of unbranched alkanes of at least 4 members (excludes halogenated alkanes) is 1. The molecule has 0 radical (unpaired) electrons. The number of rotatable bonds is 11. The lowest BCUT2D eigenvalue weighted by Crippen LogP contribution is -2.51. The zero-order valence-electron chi connectivity index (χ0n) is 27.5. The molecule has 4 atom stereocenters. The van der Waals surface area contributed by atoms with Gasteiger partial charge in [-0.1, -0.05) is 31.5 Å². The maximum atomic E-state index is 12.5. The highest BCUT2D eigenvalue weighted by atomic mass is 16.6. The molecule has 0 aliphatic heterocycles. The Morgan fingerprint density at radius 1 is 1.04 bits per heavy atom. The van der Waals surface area contributed by atoms with E-state index in [-0.39, 0.29) is 12.1 Å². The number of alkyl carbamates (subject to hydrolysis) is 1. The molecular weight excluding hydrogens is 566 g/mol. The number of aromatic nitrogens is 3. The van der Waals surface area contributed by atoms with E-state index in [2.05, 4.69) is 40.3 Å². The zero-order valence-corrected chi connectivity index (χ0v) is 27.5. The molecule has 2 aliphatic rings. The fourth-order valence-electron chi connectivity index (χ4n) is 7.28. The van der Waals surface area contributed by atoms with Crippen LogP contribution in [0.5, 0.6) is 11.5 Å². The van der Waals surface area contributed by atoms with Gasteiger partial charge >= 0.3 is 6.09 Å². The molecular formula is C36H47N5O4. The second-order valence-corrected chi connectivity index (χ2v) is 13.7. The van der Waals surface area contributed by atoms with Crippen LogP contribution >= 0.6 is 0 Å². The van der Waals surface area contributed by atoms with Gasteiger partial charge in [-0.3, -0.25) is 0 Å². The van der Waals surface area contributed by atoms with Gasteiger partial charge in [0.15, 0.2) is 5.82 Å². The van der Waals surface area contributed by atoms with E-state index < -0.39 is 5.60 Å². The lowest BCUT2D eigenvalue weighted by molar-refractivity contribution is 0.0385. The van der Waals surface area contributed by atoms with E-state index >= 15 is 0 Å². The quantitative estimate of drug-likeness (QED) is 0.181. The Labute approximate surface area is 266 Å². The van der Waals surface area contributed by atoms with Gasteiger partial charge < -0.3 is 29.4 Å². The summed E-state index contributed by atoms with van der Waals surface area (Å²) in [6.45, 7) is 9.41. The minimum atomic E-state index is -0.491. The molecule has 2 fully saturated rings. The maximum absolute atomic E-state index is 12.5. The summed E-state index contributed by atoms with van der Waals surface area (Å²) in [6, 6.07) is 14.5. The number of nitrogens with one attached hydrogen (secondary N) is 2. The third-order valence-electron chi connectivity index (χ3n) is 9.42. The highest BCUT2D eigenvalue weighted by Gasteiger charge is 2.48. The third kappa shape index (κ3) is 6.53. The highest BCUT2D eigenvalue weighted by molar-refractivity contribution is 6.07. The summed E-state index contributed by atoms with van der Waals surface area (Å²) >= 11 is 0. The van der Waals surface area contributed by atoms with Crippen LogP contribution in [0.2, 0.25) is 0 Å². The van der Waals surface area contributed by atoms with E-state index in [1.165, 1.54) is 6.42 Å². The summed E-state index contributed by atoms with van der Waals surface area (Å²) in [4.78, 5) is 22.8. The number of ether oxygens (including phenoxy) is 3. The van der Waals surface area contributed by atoms with Gasteiger partial charge in [0, 0.05) is 42.6 Å². The van der Waals surface area contributed by atoms with Crippen molar-refractivity contribution in [1.29, 1.82) is 0 Å². The molecule has 0 saturated heterocycles. The first-order chi connectivity index (χ1) is 21.7. The summed E-state index contributed by atoms with van der Waals surface area (Å²) in [7, 11) is 3.34. The molecule has 2 saturated carbocycles. The Morgan fingerprint density at radius 3 is 2.62 bits per heavy atom. The molecule has 2 heterocycles. The standard InChI is InChI=1S/C36H47N5O4/c1-7-8-13-31-40-32-33(41(31)21-22-16-24-18-29(27(24)17-22)39-35(42)45-36(2,3)4)26-11-9-10-12-28(26)38-34(32)37-20-23-14-15-25(43-5)19-30(23)44-6/h9-12,14-15,19,22,24,27,29H,7-8,13,16-18,20-21H2,1-6H3,(H,37,38)(H,39,42). The highest BCUT2D eigenvalue weighted by Crippen LogP contribution is 2.50. The number of carbonyl (C=O) groups is 1. The van der Waals surface area contributed by atoms with E-state index in [1.54, 1.807) is 14.2 Å². The number of anilines is 1. The van der Waals surface area contributed by atoms with Crippen molar-refractivity contribution in [3.05, 3.63) is 53.9 Å². The average molecular weight is 614 g/mol. The lowest BCUT2D eigenvalue weighted by atomic mass is 9.71. The molecule has 9 nitrogen and oxygen atoms in total. The van der Waals surface area contributed by atoms with Crippen LogP contribution in [0.1, 0.15) is 71.2 Å². The number of hydrogen-bond donors (Lipinski definition) is 2. The number of amides is 1. The predicted molar refractivity (Wildman–Crippen MR) is 178 cm³/mol. The molecule has 240 valence electrons. The number of imidazole rings is 1. The van der Waals surface area contributed by atoms with Gasteiger partial charge in [-0.15, -0.1) is 0 Å². The van der Waals surface area contributed by atoms with E-state index in [1.807, 2.05) is 45.0 Å². The van der Waals surface area contributed by atoms with Gasteiger partial charge in [-0.05, 0) is 82.4 Å². The van der Waals surface area contributed by atoms with E-state index in [0.29, 0.717) is 24.3 Å². The molecule has 2 aromatic heterocycles. The van der Waals surface area contributed by atoms with Crippen molar-refractivity contribution >= 4 is 33.8 Å². The van der Waals surface area contributed by atoms with Crippen molar-refractivity contribution < 1.29 is 19.0 Å². The summed E-state index contributed by atoms with van der Waals surface area (Å²) in [6.07, 6.45) is 6.12. The predicted octanol–water partition coefficient (Wildman–Crippen LogP) is 7.50. The van der Waals surface area contributed by atoms with Crippen molar-refractivity contribution in [1.82, 2.24) is 19.9 Å². The SMILES string of the molecule is CCCCc1nc2c(NCc3ccc(OC)cc3OC)nc3ccccc3c2n1CC1CC2CC(NC(=O)OC(C)(C)C)C2C1. The Hall–Kier alpha value is -4.01. The number of hydrogen-bond acceptors (Lipinski definition) is 7. The number of nitrogens with zero attached hydrogens (tertiary/aromatic N) is 3. The third-order valence-corrected chi connectivity index (χ3v) is 9.42. The Kier molecular flexibility index (Phi) is 8.80. The molecule has 2 aliphatic carbocycles. The minimum absolute atomic E-state index is 0.199. The first-order valence-corrected chi connectivity index (χ1v) is 16.4. The number of pyridine rings is 1. The van der Waals surface area contributed by atoms with Gasteiger partial charge in [0.25, 0.3) is 0 Å². The lowest BCUT2D eigenvalue weighted by Gasteiger charge is -2.40. The first-order valence-electron chi connectivity index (χ1n) is 16.4. The molecule has 2 aromatic carbocycles. The summed E-state index contributed by atoms with van der Waals surface area (Å²) in [5, 5.41) is 7.88.